The monoisotopic (exact) mass is 413 g/mol. The summed E-state index contributed by atoms with van der Waals surface area (Å²) >= 11 is 3.22. The van der Waals surface area contributed by atoms with Crippen molar-refractivity contribution in [1.29, 1.82) is 0 Å². The van der Waals surface area contributed by atoms with E-state index in [2.05, 4.69) is 44.7 Å². The van der Waals surface area contributed by atoms with E-state index in [-0.39, 0.29) is 5.91 Å². The average Bonchev–Trinajstić information content (AvgIpc) is 3.33. The zero-order valence-electron chi connectivity index (χ0n) is 16.9. The van der Waals surface area contributed by atoms with Crippen LogP contribution in [0.2, 0.25) is 0 Å². The summed E-state index contributed by atoms with van der Waals surface area (Å²) in [5.74, 6) is -0.0195. The summed E-state index contributed by atoms with van der Waals surface area (Å²) in [4.78, 5) is 23.1. The molecule has 0 aliphatic carbocycles. The van der Waals surface area contributed by atoms with E-state index in [0.29, 0.717) is 6.54 Å². The standard InChI is InChI=1S/C22H27N3OS2/c1-5-24(6-2)11-12-25(20(26)10-9-18-8-7-13-27-18)22-23-21-17(4)14-16(3)15-19(21)28-22/h7-10,13-15H,5-6,11-12H2,1-4H3/b10-9+. The van der Waals surface area contributed by atoms with E-state index in [1.165, 1.54) is 5.56 Å². The van der Waals surface area contributed by atoms with E-state index >= 15 is 0 Å². The van der Waals surface area contributed by atoms with Crippen molar-refractivity contribution < 1.29 is 4.79 Å². The lowest BCUT2D eigenvalue weighted by molar-refractivity contribution is -0.114. The fourth-order valence-corrected chi connectivity index (χ4v) is 4.98. The number of hydrogen-bond acceptors (Lipinski definition) is 5. The molecule has 0 bridgehead atoms. The lowest BCUT2D eigenvalue weighted by Crippen LogP contribution is -2.38. The third kappa shape index (κ3) is 4.87. The first-order chi connectivity index (χ1) is 13.5. The minimum absolute atomic E-state index is 0.0195. The van der Waals surface area contributed by atoms with E-state index in [1.807, 2.05) is 28.5 Å². The molecule has 1 amide bonds. The van der Waals surface area contributed by atoms with Crippen molar-refractivity contribution in [3.8, 4) is 0 Å². The van der Waals surface area contributed by atoms with Gasteiger partial charge < -0.3 is 4.90 Å². The maximum atomic E-state index is 13.0. The molecule has 0 aliphatic rings. The highest BCUT2D eigenvalue weighted by Crippen LogP contribution is 2.32. The van der Waals surface area contributed by atoms with Crippen LogP contribution < -0.4 is 4.90 Å². The maximum absolute atomic E-state index is 13.0. The van der Waals surface area contributed by atoms with Crippen LogP contribution in [0.4, 0.5) is 5.13 Å². The SMILES string of the molecule is CCN(CC)CCN(C(=O)/C=C/c1cccs1)c1nc2c(C)cc(C)cc2s1. The van der Waals surface area contributed by atoms with Crippen LogP contribution >= 0.6 is 22.7 Å². The first kappa shape index (κ1) is 20.7. The number of benzene rings is 1. The van der Waals surface area contributed by atoms with Gasteiger partial charge in [-0.15, -0.1) is 11.3 Å². The van der Waals surface area contributed by atoms with Crippen LogP contribution in [0.25, 0.3) is 16.3 Å². The number of aryl methyl sites for hydroxylation is 2. The molecule has 0 fully saturated rings. The molecule has 0 radical (unpaired) electrons. The second-order valence-corrected chi connectivity index (χ2v) is 8.78. The molecule has 0 aliphatic heterocycles. The Morgan fingerprint density at radius 3 is 2.64 bits per heavy atom. The highest BCUT2D eigenvalue weighted by Gasteiger charge is 2.19. The predicted molar refractivity (Wildman–Crippen MR) is 123 cm³/mol. The van der Waals surface area contributed by atoms with E-state index < -0.39 is 0 Å². The molecule has 0 atom stereocenters. The van der Waals surface area contributed by atoms with Crippen molar-refractivity contribution in [2.75, 3.05) is 31.1 Å². The zero-order valence-corrected chi connectivity index (χ0v) is 18.6. The van der Waals surface area contributed by atoms with E-state index in [9.17, 15) is 4.79 Å². The third-order valence-electron chi connectivity index (χ3n) is 4.78. The molecule has 148 valence electrons. The lowest BCUT2D eigenvalue weighted by atomic mass is 10.1. The number of amides is 1. The highest BCUT2D eigenvalue weighted by atomic mass is 32.1. The summed E-state index contributed by atoms with van der Waals surface area (Å²) < 4.78 is 1.13. The molecule has 1 aromatic carbocycles. The van der Waals surface area contributed by atoms with Crippen molar-refractivity contribution in [3.63, 3.8) is 0 Å². The Labute approximate surface area is 175 Å². The summed E-state index contributed by atoms with van der Waals surface area (Å²) in [6, 6.07) is 8.30. The van der Waals surface area contributed by atoms with Crippen molar-refractivity contribution >= 4 is 50.0 Å². The molecule has 6 heteroatoms. The van der Waals surface area contributed by atoms with Gasteiger partial charge >= 0.3 is 0 Å². The van der Waals surface area contributed by atoms with E-state index in [4.69, 9.17) is 4.98 Å². The fourth-order valence-electron chi connectivity index (χ4n) is 3.19. The van der Waals surface area contributed by atoms with Crippen molar-refractivity contribution in [1.82, 2.24) is 9.88 Å². The smallest absolute Gasteiger partial charge is 0.252 e. The molecule has 28 heavy (non-hydrogen) atoms. The van der Waals surface area contributed by atoms with Crippen LogP contribution in [0.15, 0.2) is 35.7 Å². The van der Waals surface area contributed by atoms with Crippen LogP contribution in [-0.2, 0) is 4.79 Å². The Hall–Kier alpha value is -2.02. The van der Waals surface area contributed by atoms with Gasteiger partial charge in [-0.1, -0.05) is 37.3 Å². The topological polar surface area (TPSA) is 36.4 Å². The number of carbonyl (C=O) groups excluding carboxylic acids is 1. The summed E-state index contributed by atoms with van der Waals surface area (Å²) in [6.45, 7) is 11.9. The van der Waals surface area contributed by atoms with Gasteiger partial charge in [0.2, 0.25) is 0 Å². The van der Waals surface area contributed by atoms with Crippen molar-refractivity contribution in [2.24, 2.45) is 0 Å². The molecule has 0 saturated carbocycles. The molecule has 4 nitrogen and oxygen atoms in total. The lowest BCUT2D eigenvalue weighted by Gasteiger charge is -2.23. The summed E-state index contributed by atoms with van der Waals surface area (Å²) in [5.41, 5.74) is 3.37. The molecule has 0 unspecified atom stereocenters. The molecule has 0 spiro atoms. The number of rotatable bonds is 8. The number of anilines is 1. The average molecular weight is 414 g/mol. The summed E-state index contributed by atoms with van der Waals surface area (Å²) in [5, 5.41) is 2.79. The number of hydrogen-bond donors (Lipinski definition) is 0. The van der Waals surface area contributed by atoms with E-state index in [0.717, 1.165) is 45.4 Å². The number of carbonyl (C=O) groups is 1. The fraction of sp³-hybridized carbons (Fsp3) is 0.364. The van der Waals surface area contributed by atoms with Gasteiger partial charge in [0.05, 0.1) is 10.2 Å². The molecular formula is C22H27N3OS2. The second-order valence-electron chi connectivity index (χ2n) is 6.79. The largest absolute Gasteiger partial charge is 0.302 e. The van der Waals surface area contributed by atoms with Gasteiger partial charge in [-0.3, -0.25) is 9.69 Å². The molecular weight excluding hydrogens is 386 g/mol. The second kappa shape index (κ2) is 9.45. The summed E-state index contributed by atoms with van der Waals surface area (Å²) in [7, 11) is 0. The van der Waals surface area contributed by atoms with Gasteiger partial charge in [0.15, 0.2) is 5.13 Å². The quantitative estimate of drug-likeness (QED) is 0.466. The zero-order chi connectivity index (χ0) is 20.1. The third-order valence-corrected chi connectivity index (χ3v) is 6.65. The molecule has 2 heterocycles. The Balaban J connectivity index is 1.90. The van der Waals surface area contributed by atoms with Gasteiger partial charge in [-0.05, 0) is 61.7 Å². The van der Waals surface area contributed by atoms with Gasteiger partial charge in [0, 0.05) is 24.0 Å². The maximum Gasteiger partial charge on any atom is 0.252 e. The first-order valence-corrected chi connectivity index (χ1v) is 11.3. The Morgan fingerprint density at radius 1 is 1.18 bits per heavy atom. The van der Waals surface area contributed by atoms with E-state index in [1.54, 1.807) is 28.7 Å². The highest BCUT2D eigenvalue weighted by molar-refractivity contribution is 7.22. The molecule has 2 aromatic heterocycles. The van der Waals surface area contributed by atoms with Crippen molar-refractivity contribution in [2.45, 2.75) is 27.7 Å². The van der Waals surface area contributed by atoms with Gasteiger partial charge in [-0.25, -0.2) is 4.98 Å². The molecule has 0 N–H and O–H groups in total. The minimum Gasteiger partial charge on any atom is -0.302 e. The first-order valence-electron chi connectivity index (χ1n) is 9.65. The molecule has 0 saturated heterocycles. The normalized spacial score (nSPS) is 11.8. The number of fused-ring (bicyclic) bond motifs is 1. The number of thiophene rings is 1. The van der Waals surface area contributed by atoms with Crippen LogP contribution in [0.1, 0.15) is 29.9 Å². The predicted octanol–water partition coefficient (Wildman–Crippen LogP) is 5.36. The van der Waals surface area contributed by atoms with Crippen molar-refractivity contribution in [3.05, 3.63) is 51.7 Å². The van der Waals surface area contributed by atoms with Gasteiger partial charge in [-0.2, -0.15) is 0 Å². The molecule has 3 rings (SSSR count). The van der Waals surface area contributed by atoms with Crippen LogP contribution in [-0.4, -0.2) is 42.0 Å². The number of thiazole rings is 1. The molecule has 3 aromatic rings. The minimum atomic E-state index is -0.0195. The van der Waals surface area contributed by atoms with Crippen LogP contribution in [0.5, 0.6) is 0 Å². The van der Waals surface area contributed by atoms with Crippen LogP contribution in [0.3, 0.4) is 0 Å². The number of aromatic nitrogens is 1. The number of likely N-dealkylation sites (N-methyl/N-ethyl adjacent to an activating group) is 1. The Bertz CT molecular complexity index is 956. The van der Waals surface area contributed by atoms with Gasteiger partial charge in [0.25, 0.3) is 5.91 Å². The summed E-state index contributed by atoms with van der Waals surface area (Å²) in [6.07, 6.45) is 3.55. The Kier molecular flexibility index (Phi) is 6.99. The number of nitrogens with zero attached hydrogens (tertiary/aromatic N) is 3. The van der Waals surface area contributed by atoms with Crippen LogP contribution in [0, 0.1) is 13.8 Å². The Morgan fingerprint density at radius 2 is 1.96 bits per heavy atom. The van der Waals surface area contributed by atoms with Gasteiger partial charge in [0.1, 0.15) is 0 Å².